The molecule has 0 aromatic carbocycles. The number of guanidine groups is 1. The number of halogens is 1. The van der Waals surface area contributed by atoms with Gasteiger partial charge in [0.15, 0.2) is 6.67 Å². The summed E-state index contributed by atoms with van der Waals surface area (Å²) in [7, 11) is 0. The fourth-order valence-corrected chi connectivity index (χ4v) is 0.550. The summed E-state index contributed by atoms with van der Waals surface area (Å²) in [6.45, 7) is 0.749. The van der Waals surface area contributed by atoms with Crippen LogP contribution >= 0.6 is 0 Å². The summed E-state index contributed by atoms with van der Waals surface area (Å²) in [5, 5.41) is 13.0. The van der Waals surface area contributed by atoms with E-state index in [9.17, 15) is 9.18 Å². The van der Waals surface area contributed by atoms with E-state index in [1.54, 1.807) is 0 Å². The molecule has 1 heterocycles. The topological polar surface area (TPSA) is 86.1 Å². The first kappa shape index (κ1) is 8.44. The molecule has 0 saturated carbocycles. The highest BCUT2D eigenvalue weighted by Gasteiger charge is 2.07. The third kappa shape index (κ3) is 2.52. The van der Waals surface area contributed by atoms with Gasteiger partial charge in [-0.2, -0.15) is 9.38 Å². The number of nitrogens with zero attached hydrogens (tertiary/aromatic N) is 2. The van der Waals surface area contributed by atoms with Gasteiger partial charge in [0.1, 0.15) is 6.54 Å². The Balaban J connectivity index is 2.42. The number of nitrogens with one attached hydrogen (secondary N) is 2. The number of aliphatic carboxylic acids is 1. The number of carbonyl (C=O) groups is 1. The van der Waals surface area contributed by atoms with Crippen molar-refractivity contribution in [1.29, 1.82) is 0 Å². The predicted molar refractivity (Wildman–Crippen MR) is 39.1 cm³/mol. The van der Waals surface area contributed by atoms with Crippen LogP contribution in [0.3, 0.4) is 0 Å². The van der Waals surface area contributed by atoms with E-state index in [2.05, 4.69) is 20.6 Å². The third-order valence-electron chi connectivity index (χ3n) is 0.983. The molecule has 65 valence electrons. The van der Waals surface area contributed by atoms with Gasteiger partial charge in [-0.25, -0.2) is 4.99 Å². The quantitative estimate of drug-likeness (QED) is 0.470. The number of carboxylic acid groups (broad SMARTS) is 1. The van der Waals surface area contributed by atoms with Crippen molar-refractivity contribution in [3.63, 3.8) is 0 Å². The molecule has 0 atom stereocenters. The van der Waals surface area contributed by atoms with Gasteiger partial charge in [0, 0.05) is 0 Å². The minimum Gasteiger partial charge on any atom is -0.480 e. The van der Waals surface area contributed by atoms with Crippen molar-refractivity contribution in [2.24, 2.45) is 9.98 Å². The van der Waals surface area contributed by atoms with Gasteiger partial charge in [0.05, 0.1) is 0 Å². The number of hydrogen-bond acceptors (Lipinski definition) is 5. The molecule has 0 unspecified atom stereocenters. The minimum atomic E-state index is -1.05. The summed E-state index contributed by atoms with van der Waals surface area (Å²) in [5.41, 5.74) is 0. The van der Waals surface area contributed by atoms with Crippen molar-refractivity contribution >= 4 is 18.0 Å². The Morgan fingerprint density at radius 2 is 2.58 bits per heavy atom. The van der Waals surface area contributed by atoms with Gasteiger partial charge < -0.3 is 15.7 Å². The fourth-order valence-electron chi connectivity index (χ4n) is 0.550. The van der Waals surface area contributed by atoms with Crippen LogP contribution in [-0.2, 0) is 4.79 Å². The van der Waals surface area contributed by atoms with Gasteiger partial charge in [-0.15, -0.1) is 0 Å². The Labute approximate surface area is 67.2 Å². The van der Waals surface area contributed by atoms with Crippen LogP contribution in [-0.4, -0.2) is 29.7 Å². The van der Waals surface area contributed by atoms with Gasteiger partial charge in [-0.05, 0) is 0 Å². The highest BCUT2D eigenvalue weighted by atomic mass is 19.1. The normalized spacial score (nSPS) is 15.8. The molecule has 1 rings (SSSR count). The molecular weight excluding hydrogens is 167 g/mol. The fraction of sp³-hybridized carbons (Fsp3) is 0.200. The summed E-state index contributed by atoms with van der Waals surface area (Å²) in [4.78, 5) is 16.4. The van der Waals surface area contributed by atoms with Gasteiger partial charge in [0.2, 0.25) is 5.96 Å². The van der Waals surface area contributed by atoms with Gasteiger partial charge in [0.25, 0.3) is 0 Å². The lowest BCUT2D eigenvalue weighted by Gasteiger charge is -2.10. The van der Waals surface area contributed by atoms with Crippen LogP contribution in [0.4, 0.5) is 4.39 Å². The van der Waals surface area contributed by atoms with E-state index in [1.165, 1.54) is 0 Å². The molecule has 0 amide bonds. The van der Waals surface area contributed by atoms with E-state index in [-0.39, 0.29) is 12.5 Å². The van der Waals surface area contributed by atoms with Crippen LogP contribution in [0, 0.1) is 6.67 Å². The third-order valence-corrected chi connectivity index (χ3v) is 0.983. The van der Waals surface area contributed by atoms with Crippen LogP contribution in [0.25, 0.3) is 0 Å². The lowest BCUT2D eigenvalue weighted by molar-refractivity contribution is -0.135. The van der Waals surface area contributed by atoms with E-state index >= 15 is 0 Å². The second-order valence-corrected chi connectivity index (χ2v) is 1.88. The molecule has 6 nitrogen and oxygen atoms in total. The van der Waals surface area contributed by atoms with Crippen LogP contribution in [0.15, 0.2) is 9.98 Å². The van der Waals surface area contributed by atoms with Crippen molar-refractivity contribution in [2.45, 2.75) is 0 Å². The molecule has 7 heteroatoms. The number of rotatable bonds is 2. The first-order valence-corrected chi connectivity index (χ1v) is 3.04. The molecule has 0 fully saturated rings. The molecule has 0 aromatic rings. The highest BCUT2D eigenvalue weighted by molar-refractivity contribution is 5.95. The first-order chi connectivity index (χ1) is 5.68. The smallest absolute Gasteiger partial charge is 0.322 e. The van der Waals surface area contributed by atoms with E-state index in [0.29, 0.717) is 0 Å². The van der Waals surface area contributed by atoms with Crippen molar-refractivity contribution in [3.8, 4) is 0 Å². The molecule has 12 heavy (non-hydrogen) atoms. The lowest BCUT2D eigenvalue weighted by Crippen LogP contribution is -2.40. The number of amidine groups is 1. The maximum Gasteiger partial charge on any atom is 0.322 e. The first-order valence-electron chi connectivity index (χ1n) is 3.04. The Morgan fingerprint density at radius 3 is 3.17 bits per heavy atom. The Hall–Kier alpha value is -1.66. The SMILES string of the molecule is O=C(O)CNC1=NC(F)=N[CH]N1. The van der Waals surface area contributed by atoms with Crippen LogP contribution in [0.1, 0.15) is 0 Å². The average Bonchev–Trinajstić information content (AvgIpc) is 2.01. The molecule has 0 spiro atoms. The Morgan fingerprint density at radius 1 is 1.83 bits per heavy atom. The zero-order valence-corrected chi connectivity index (χ0v) is 5.91. The zero-order valence-electron chi connectivity index (χ0n) is 5.91. The summed E-state index contributed by atoms with van der Waals surface area (Å²) in [5.74, 6) is -1.02. The van der Waals surface area contributed by atoms with Crippen molar-refractivity contribution in [2.75, 3.05) is 6.54 Å². The maximum absolute atomic E-state index is 12.3. The maximum atomic E-state index is 12.3. The number of hydrogen-bond donors (Lipinski definition) is 3. The largest absolute Gasteiger partial charge is 0.480 e. The van der Waals surface area contributed by atoms with E-state index in [4.69, 9.17) is 5.11 Å². The van der Waals surface area contributed by atoms with E-state index in [1.807, 2.05) is 0 Å². The second-order valence-electron chi connectivity index (χ2n) is 1.88. The summed E-state index contributed by atoms with van der Waals surface area (Å²) < 4.78 is 12.3. The molecule has 0 bridgehead atoms. The van der Waals surface area contributed by atoms with Crippen molar-refractivity contribution in [3.05, 3.63) is 6.67 Å². The lowest BCUT2D eigenvalue weighted by atomic mass is 10.6. The highest BCUT2D eigenvalue weighted by Crippen LogP contribution is 1.91. The van der Waals surface area contributed by atoms with E-state index in [0.717, 1.165) is 6.67 Å². The zero-order chi connectivity index (χ0) is 8.97. The minimum absolute atomic E-state index is 0.0323. The molecule has 0 aromatic heterocycles. The summed E-state index contributed by atoms with van der Waals surface area (Å²) in [6, 6.07) is 0. The summed E-state index contributed by atoms with van der Waals surface area (Å²) >= 11 is 0. The molecule has 1 aliphatic rings. The van der Waals surface area contributed by atoms with Crippen molar-refractivity contribution < 1.29 is 14.3 Å². The molecular formula is C5H6FN4O2. The van der Waals surface area contributed by atoms with Gasteiger partial charge >= 0.3 is 12.1 Å². The molecule has 0 aliphatic carbocycles. The van der Waals surface area contributed by atoms with Gasteiger partial charge in [-0.1, -0.05) is 0 Å². The van der Waals surface area contributed by atoms with E-state index < -0.39 is 12.1 Å². The van der Waals surface area contributed by atoms with Crippen LogP contribution in [0.2, 0.25) is 0 Å². The van der Waals surface area contributed by atoms with Gasteiger partial charge in [-0.3, -0.25) is 4.79 Å². The molecule has 1 radical (unpaired) electrons. The standard InChI is InChI=1S/C5H6FN4O2/c6-4-8-2-9-5(10-4)7-1-3(11)12/h2H,1H2,(H,11,12)(H2,7,8,9,10). The van der Waals surface area contributed by atoms with Crippen LogP contribution < -0.4 is 10.6 Å². The monoisotopic (exact) mass is 173 g/mol. The Kier molecular flexibility index (Phi) is 2.57. The molecule has 0 saturated heterocycles. The molecule has 1 aliphatic heterocycles. The predicted octanol–water partition coefficient (Wildman–Crippen LogP) is -0.935. The number of aliphatic imine (C=N–C) groups is 2. The second kappa shape index (κ2) is 3.65. The molecule has 3 N–H and O–H groups in total. The van der Waals surface area contributed by atoms with Crippen molar-refractivity contribution in [1.82, 2.24) is 10.6 Å². The Bertz CT molecular complexity index is 250. The van der Waals surface area contributed by atoms with Crippen LogP contribution in [0.5, 0.6) is 0 Å². The average molecular weight is 173 g/mol. The summed E-state index contributed by atoms with van der Waals surface area (Å²) in [6.07, 6.45) is -0.915. The number of carboxylic acids is 1.